The van der Waals surface area contributed by atoms with Crippen molar-refractivity contribution in [3.63, 3.8) is 0 Å². The van der Waals surface area contributed by atoms with E-state index in [1.54, 1.807) is 0 Å². The van der Waals surface area contributed by atoms with Crippen LogP contribution in [0.2, 0.25) is 0 Å². The van der Waals surface area contributed by atoms with E-state index in [1.807, 2.05) is 0 Å². The Morgan fingerprint density at radius 2 is 0.417 bits per heavy atom. The monoisotopic (exact) mass is 910 g/mol. The van der Waals surface area contributed by atoms with Gasteiger partial charge in [0.1, 0.15) is 0 Å². The standard InChI is InChI=1S/C72H46/c1-8-23-47(24-9-1)65-59-45-61-62(46-60(59)66(48-25-10-2-11-26-48)70(52-33-18-6-19-34-52)69(65)51-31-16-5-17-32-51)68(50-29-14-4-15-30-50)72(71(53-35-20-7-21-36-53)67(61)49-27-12-3-13-28-49)58-44-42-56-40-39-54-37-22-38-55-41-43-57(58)64(56)63(54)55/h1-46H. The SMILES string of the molecule is c1ccc(-c2c(-c3ccccc3)c(-c3ccccc3)c3cc4c(-c5ccccc5)c(-c5ccc6ccc7cccc8ccc5c6c78)c(-c5ccccc5)c(-c5ccccc5)c4cc3c2-c2ccccc2)cc1. The van der Waals surface area contributed by atoms with Crippen LogP contribution in [0.1, 0.15) is 0 Å². The smallest absolute Gasteiger partial charge is 0.000785 e. The number of benzene rings is 14. The van der Waals surface area contributed by atoms with Crippen LogP contribution in [0.5, 0.6) is 0 Å². The van der Waals surface area contributed by atoms with Crippen LogP contribution >= 0.6 is 0 Å². The van der Waals surface area contributed by atoms with Crippen LogP contribution in [0.4, 0.5) is 0 Å². The summed E-state index contributed by atoms with van der Waals surface area (Å²) in [5, 5.41) is 12.5. The molecule has 0 radical (unpaired) electrons. The van der Waals surface area contributed by atoms with Crippen LogP contribution in [-0.2, 0) is 0 Å². The van der Waals surface area contributed by atoms with Crippen LogP contribution in [0, 0.1) is 0 Å². The number of rotatable bonds is 8. The molecule has 0 amide bonds. The third-order valence-corrected chi connectivity index (χ3v) is 15.0. The van der Waals surface area contributed by atoms with Gasteiger partial charge >= 0.3 is 0 Å². The molecule has 72 heavy (non-hydrogen) atoms. The highest BCUT2D eigenvalue weighted by Crippen LogP contribution is 2.57. The lowest BCUT2D eigenvalue weighted by Crippen LogP contribution is -2.01. The van der Waals surface area contributed by atoms with Crippen molar-refractivity contribution in [2.75, 3.05) is 0 Å². The van der Waals surface area contributed by atoms with Gasteiger partial charge in [0.05, 0.1) is 0 Å². The second-order valence-corrected chi connectivity index (χ2v) is 19.0. The summed E-state index contributed by atoms with van der Waals surface area (Å²) in [6.07, 6.45) is 0. The van der Waals surface area contributed by atoms with E-state index in [2.05, 4.69) is 279 Å². The van der Waals surface area contributed by atoms with E-state index in [-0.39, 0.29) is 0 Å². The molecule has 0 aliphatic carbocycles. The first-order valence-corrected chi connectivity index (χ1v) is 25.0. The molecule has 0 N–H and O–H groups in total. The maximum Gasteiger partial charge on any atom is -0.000785 e. The summed E-state index contributed by atoms with van der Waals surface area (Å²) in [6, 6.07) is 104. The van der Waals surface area contributed by atoms with Crippen molar-refractivity contribution < 1.29 is 0 Å². The minimum Gasteiger partial charge on any atom is -0.0622 e. The van der Waals surface area contributed by atoms with Crippen molar-refractivity contribution >= 4 is 53.9 Å². The van der Waals surface area contributed by atoms with E-state index < -0.39 is 0 Å². The Hall–Kier alpha value is -9.36. The molecule has 0 heterocycles. The van der Waals surface area contributed by atoms with E-state index in [0.717, 1.165) is 0 Å². The average molecular weight is 911 g/mol. The molecule has 0 nitrogen and oxygen atoms in total. The van der Waals surface area contributed by atoms with Gasteiger partial charge < -0.3 is 0 Å². The molecule has 14 aromatic carbocycles. The molecule has 0 saturated heterocycles. The number of hydrogen-bond donors (Lipinski definition) is 0. The van der Waals surface area contributed by atoms with Gasteiger partial charge in [0, 0.05) is 0 Å². The Labute approximate surface area is 419 Å². The molecule has 0 aliphatic rings. The van der Waals surface area contributed by atoms with Crippen molar-refractivity contribution in [3.8, 4) is 89.0 Å². The van der Waals surface area contributed by atoms with E-state index in [1.165, 1.54) is 143 Å². The second-order valence-electron chi connectivity index (χ2n) is 19.0. The Kier molecular flexibility index (Phi) is 9.96. The molecule has 0 bridgehead atoms. The summed E-state index contributed by atoms with van der Waals surface area (Å²) >= 11 is 0. The lowest BCUT2D eigenvalue weighted by atomic mass is 9.75. The maximum atomic E-state index is 2.57. The quantitative estimate of drug-likeness (QED) is 0.105. The van der Waals surface area contributed by atoms with Gasteiger partial charge in [-0.3, -0.25) is 0 Å². The average Bonchev–Trinajstić information content (AvgIpc) is 3.46. The highest BCUT2D eigenvalue weighted by molar-refractivity contribution is 6.30. The van der Waals surface area contributed by atoms with Gasteiger partial charge in [-0.05, 0) is 155 Å². The number of fused-ring (bicyclic) bond motifs is 2. The Morgan fingerprint density at radius 1 is 0.153 bits per heavy atom. The minimum absolute atomic E-state index is 1.17. The van der Waals surface area contributed by atoms with Crippen LogP contribution in [-0.4, -0.2) is 0 Å². The van der Waals surface area contributed by atoms with E-state index >= 15 is 0 Å². The molecule has 14 aromatic rings. The van der Waals surface area contributed by atoms with Gasteiger partial charge in [-0.25, -0.2) is 0 Å². The van der Waals surface area contributed by atoms with Crippen LogP contribution < -0.4 is 0 Å². The highest BCUT2D eigenvalue weighted by atomic mass is 14.3. The predicted molar refractivity (Wildman–Crippen MR) is 309 cm³/mol. The van der Waals surface area contributed by atoms with Gasteiger partial charge in [0.2, 0.25) is 0 Å². The van der Waals surface area contributed by atoms with E-state index in [9.17, 15) is 0 Å². The van der Waals surface area contributed by atoms with Crippen LogP contribution in [0.3, 0.4) is 0 Å². The lowest BCUT2D eigenvalue weighted by Gasteiger charge is -2.28. The number of hydrogen-bond acceptors (Lipinski definition) is 0. The highest BCUT2D eigenvalue weighted by Gasteiger charge is 2.29. The first-order valence-electron chi connectivity index (χ1n) is 25.0. The third-order valence-electron chi connectivity index (χ3n) is 15.0. The maximum absolute atomic E-state index is 2.57. The van der Waals surface area contributed by atoms with Crippen molar-refractivity contribution in [2.24, 2.45) is 0 Å². The molecule has 0 saturated carbocycles. The van der Waals surface area contributed by atoms with Crippen molar-refractivity contribution in [2.45, 2.75) is 0 Å². The molecule has 0 heteroatoms. The summed E-state index contributed by atoms with van der Waals surface area (Å²) in [6.45, 7) is 0. The Balaban J connectivity index is 1.29. The minimum atomic E-state index is 1.17. The molecule has 0 unspecified atom stereocenters. The third kappa shape index (κ3) is 6.68. The summed E-state index contributed by atoms with van der Waals surface area (Å²) < 4.78 is 0. The summed E-state index contributed by atoms with van der Waals surface area (Å²) in [7, 11) is 0. The summed E-state index contributed by atoms with van der Waals surface area (Å²) in [5.41, 5.74) is 19.2. The molecule has 0 fully saturated rings. The van der Waals surface area contributed by atoms with Crippen LogP contribution in [0.15, 0.2) is 279 Å². The molecule has 14 rings (SSSR count). The molecular weight excluding hydrogens is 865 g/mol. The first-order chi connectivity index (χ1) is 35.8. The second kappa shape index (κ2) is 17.2. The van der Waals surface area contributed by atoms with Crippen molar-refractivity contribution in [3.05, 3.63) is 279 Å². The Morgan fingerprint density at radius 3 is 0.764 bits per heavy atom. The van der Waals surface area contributed by atoms with Crippen LogP contribution in [0.25, 0.3) is 143 Å². The molecule has 0 aliphatic heterocycles. The fraction of sp³-hybridized carbons (Fsp3) is 0. The fourth-order valence-electron chi connectivity index (χ4n) is 12.0. The molecular formula is C72H46. The topological polar surface area (TPSA) is 0 Å². The summed E-state index contributed by atoms with van der Waals surface area (Å²) in [4.78, 5) is 0. The zero-order chi connectivity index (χ0) is 47.5. The van der Waals surface area contributed by atoms with E-state index in [0.29, 0.717) is 0 Å². The van der Waals surface area contributed by atoms with Crippen molar-refractivity contribution in [1.82, 2.24) is 0 Å². The lowest BCUT2D eigenvalue weighted by molar-refractivity contribution is 1.56. The Bertz CT molecular complexity index is 4280. The normalized spacial score (nSPS) is 11.6. The predicted octanol–water partition coefficient (Wildman–Crippen LogP) is 20.2. The zero-order valence-corrected chi connectivity index (χ0v) is 39.6. The zero-order valence-electron chi connectivity index (χ0n) is 39.6. The van der Waals surface area contributed by atoms with Gasteiger partial charge in [-0.1, -0.05) is 267 Å². The molecule has 0 spiro atoms. The summed E-state index contributed by atoms with van der Waals surface area (Å²) in [5.74, 6) is 0. The van der Waals surface area contributed by atoms with Gasteiger partial charge in [0.25, 0.3) is 0 Å². The molecule has 0 aromatic heterocycles. The van der Waals surface area contributed by atoms with Crippen molar-refractivity contribution in [1.29, 1.82) is 0 Å². The molecule has 0 atom stereocenters. The molecule has 334 valence electrons. The van der Waals surface area contributed by atoms with Gasteiger partial charge in [-0.15, -0.1) is 0 Å². The largest absolute Gasteiger partial charge is 0.0622 e. The fourth-order valence-corrected chi connectivity index (χ4v) is 12.0. The van der Waals surface area contributed by atoms with Gasteiger partial charge in [-0.2, -0.15) is 0 Å². The van der Waals surface area contributed by atoms with Gasteiger partial charge in [0.15, 0.2) is 0 Å². The van der Waals surface area contributed by atoms with E-state index in [4.69, 9.17) is 0 Å². The first kappa shape index (κ1) is 41.6.